The van der Waals surface area contributed by atoms with Gasteiger partial charge >= 0.3 is 0 Å². The van der Waals surface area contributed by atoms with Crippen LogP contribution in [0.2, 0.25) is 0 Å². The predicted octanol–water partition coefficient (Wildman–Crippen LogP) is 3.90. The highest BCUT2D eigenvalue weighted by Gasteiger charge is 2.09. The van der Waals surface area contributed by atoms with E-state index < -0.39 is 0 Å². The van der Waals surface area contributed by atoms with Crippen LogP contribution in [0.25, 0.3) is 22.2 Å². The van der Waals surface area contributed by atoms with Crippen molar-refractivity contribution in [1.82, 2.24) is 15.1 Å². The first-order valence-corrected chi connectivity index (χ1v) is 7.34. The molecule has 0 fully saturated rings. The molecule has 0 saturated carbocycles. The Bertz CT molecular complexity index is 934. The van der Waals surface area contributed by atoms with Crippen LogP contribution in [-0.2, 0) is 6.54 Å². The first kappa shape index (κ1) is 13.5. The molecule has 0 radical (unpaired) electrons. The largest absolute Gasteiger partial charge is 0.365 e. The third kappa shape index (κ3) is 2.64. The van der Waals surface area contributed by atoms with E-state index in [-0.39, 0.29) is 0 Å². The van der Waals surface area contributed by atoms with Gasteiger partial charge in [0.15, 0.2) is 5.58 Å². The monoisotopic (exact) mass is 302 g/mol. The van der Waals surface area contributed by atoms with Crippen LogP contribution in [-0.4, -0.2) is 15.1 Å². The Balaban J connectivity index is 1.64. The second-order valence-electron chi connectivity index (χ2n) is 5.13. The Morgan fingerprint density at radius 2 is 1.87 bits per heavy atom. The third-order valence-electron chi connectivity index (χ3n) is 3.66. The standard InChI is InChI=1S/C18H14N4O/c1-2-9-19-16(8-1)15-7-4-10-20-18(15)21-11-13-5-3-6-14-12-22-23-17(13)14/h1-10,12H,11H2,(H,20,21). The Morgan fingerprint density at radius 1 is 0.913 bits per heavy atom. The van der Waals surface area contributed by atoms with Gasteiger partial charge in [0, 0.05) is 35.5 Å². The van der Waals surface area contributed by atoms with Gasteiger partial charge in [-0.05, 0) is 30.3 Å². The lowest BCUT2D eigenvalue weighted by Gasteiger charge is -2.10. The number of nitrogens with zero attached hydrogens (tertiary/aromatic N) is 3. The second-order valence-corrected chi connectivity index (χ2v) is 5.13. The Hall–Kier alpha value is -3.21. The molecule has 0 saturated heterocycles. The Labute approximate surface area is 133 Å². The number of pyridine rings is 2. The van der Waals surface area contributed by atoms with Crippen LogP contribution < -0.4 is 5.32 Å². The predicted molar refractivity (Wildman–Crippen MR) is 88.8 cm³/mol. The molecule has 112 valence electrons. The molecule has 3 aromatic heterocycles. The minimum atomic E-state index is 0.601. The molecule has 5 nitrogen and oxygen atoms in total. The molecule has 0 atom stereocenters. The fraction of sp³-hybridized carbons (Fsp3) is 0.0556. The molecule has 23 heavy (non-hydrogen) atoms. The van der Waals surface area contributed by atoms with E-state index in [1.54, 1.807) is 18.6 Å². The van der Waals surface area contributed by atoms with Crippen LogP contribution in [0.4, 0.5) is 5.82 Å². The molecule has 1 aromatic carbocycles. The molecule has 0 spiro atoms. The summed E-state index contributed by atoms with van der Waals surface area (Å²) in [5, 5.41) is 8.22. The average Bonchev–Trinajstić information content (AvgIpc) is 3.10. The van der Waals surface area contributed by atoms with Gasteiger partial charge in [0.05, 0.1) is 11.9 Å². The quantitative estimate of drug-likeness (QED) is 0.619. The molecule has 4 rings (SSSR count). The van der Waals surface area contributed by atoms with E-state index in [2.05, 4.69) is 20.4 Å². The molecule has 0 aliphatic rings. The van der Waals surface area contributed by atoms with Crippen molar-refractivity contribution in [2.24, 2.45) is 0 Å². The topological polar surface area (TPSA) is 63.8 Å². The summed E-state index contributed by atoms with van der Waals surface area (Å²) < 4.78 is 5.33. The SMILES string of the molecule is c1ccc(-c2cccnc2NCc2cccc3cnoc23)nc1. The van der Waals surface area contributed by atoms with E-state index in [1.807, 2.05) is 48.5 Å². The highest BCUT2D eigenvalue weighted by Crippen LogP contribution is 2.25. The number of nitrogens with one attached hydrogen (secondary N) is 1. The summed E-state index contributed by atoms with van der Waals surface area (Å²) in [4.78, 5) is 8.84. The van der Waals surface area contributed by atoms with E-state index in [0.717, 1.165) is 33.6 Å². The molecule has 4 aromatic rings. The van der Waals surface area contributed by atoms with Crippen molar-refractivity contribution in [1.29, 1.82) is 0 Å². The van der Waals surface area contributed by atoms with Gasteiger partial charge in [-0.2, -0.15) is 0 Å². The van der Waals surface area contributed by atoms with E-state index in [1.165, 1.54) is 0 Å². The molecule has 0 aliphatic carbocycles. The molecule has 5 heteroatoms. The molecule has 1 N–H and O–H groups in total. The summed E-state index contributed by atoms with van der Waals surface area (Å²) in [6, 6.07) is 15.7. The van der Waals surface area contributed by atoms with Crippen LogP contribution in [0.1, 0.15) is 5.56 Å². The molecule has 0 bridgehead atoms. The van der Waals surface area contributed by atoms with Gasteiger partial charge in [-0.3, -0.25) is 4.98 Å². The summed E-state index contributed by atoms with van der Waals surface area (Å²) in [5.74, 6) is 0.794. The van der Waals surface area contributed by atoms with Gasteiger partial charge in [-0.1, -0.05) is 23.4 Å². The summed E-state index contributed by atoms with van der Waals surface area (Å²) in [5.41, 5.74) is 3.70. The Kier molecular flexibility index (Phi) is 3.44. The fourth-order valence-electron chi connectivity index (χ4n) is 2.55. The number of anilines is 1. The summed E-state index contributed by atoms with van der Waals surface area (Å²) >= 11 is 0. The van der Waals surface area contributed by atoms with Crippen LogP contribution in [0.5, 0.6) is 0 Å². The minimum absolute atomic E-state index is 0.601. The fourth-order valence-corrected chi connectivity index (χ4v) is 2.55. The van der Waals surface area contributed by atoms with Gasteiger partial charge in [0.1, 0.15) is 5.82 Å². The molecular weight excluding hydrogens is 288 g/mol. The molecule has 0 aliphatic heterocycles. The average molecular weight is 302 g/mol. The molecule has 0 amide bonds. The van der Waals surface area contributed by atoms with Crippen molar-refractivity contribution in [2.45, 2.75) is 6.54 Å². The number of aromatic nitrogens is 3. The van der Waals surface area contributed by atoms with Crippen molar-refractivity contribution >= 4 is 16.8 Å². The maximum Gasteiger partial charge on any atom is 0.171 e. The summed E-state index contributed by atoms with van der Waals surface area (Å²) in [7, 11) is 0. The maximum absolute atomic E-state index is 5.33. The smallest absolute Gasteiger partial charge is 0.171 e. The van der Waals surface area contributed by atoms with Gasteiger partial charge in [-0.25, -0.2) is 4.98 Å². The van der Waals surface area contributed by atoms with Gasteiger partial charge in [-0.15, -0.1) is 0 Å². The van der Waals surface area contributed by atoms with Gasteiger partial charge < -0.3 is 9.84 Å². The van der Waals surface area contributed by atoms with Gasteiger partial charge in [0.25, 0.3) is 0 Å². The number of hydrogen-bond acceptors (Lipinski definition) is 5. The Morgan fingerprint density at radius 3 is 2.78 bits per heavy atom. The van der Waals surface area contributed by atoms with Crippen LogP contribution in [0.3, 0.4) is 0 Å². The zero-order chi connectivity index (χ0) is 15.5. The summed E-state index contributed by atoms with van der Waals surface area (Å²) in [6.07, 6.45) is 5.27. The van der Waals surface area contributed by atoms with Crippen molar-refractivity contribution in [2.75, 3.05) is 5.32 Å². The summed E-state index contributed by atoms with van der Waals surface area (Å²) in [6.45, 7) is 0.601. The zero-order valence-corrected chi connectivity index (χ0v) is 12.3. The lowest BCUT2D eigenvalue weighted by molar-refractivity contribution is 0.454. The third-order valence-corrected chi connectivity index (χ3v) is 3.66. The first-order chi connectivity index (χ1) is 11.4. The van der Waals surface area contributed by atoms with Crippen molar-refractivity contribution in [3.63, 3.8) is 0 Å². The van der Waals surface area contributed by atoms with Crippen LogP contribution in [0.15, 0.2) is 71.6 Å². The second kappa shape index (κ2) is 5.88. The van der Waals surface area contributed by atoms with Crippen molar-refractivity contribution in [3.05, 3.63) is 72.7 Å². The molecule has 3 heterocycles. The normalized spacial score (nSPS) is 10.8. The molecular formula is C18H14N4O. The lowest BCUT2D eigenvalue weighted by Crippen LogP contribution is -2.03. The van der Waals surface area contributed by atoms with Crippen LogP contribution in [0, 0.1) is 0 Å². The minimum Gasteiger partial charge on any atom is -0.365 e. The number of benzene rings is 1. The van der Waals surface area contributed by atoms with E-state index >= 15 is 0 Å². The van der Waals surface area contributed by atoms with Crippen molar-refractivity contribution in [3.8, 4) is 11.3 Å². The highest BCUT2D eigenvalue weighted by molar-refractivity contribution is 5.79. The van der Waals surface area contributed by atoms with E-state index in [4.69, 9.17) is 4.52 Å². The maximum atomic E-state index is 5.33. The van der Waals surface area contributed by atoms with Gasteiger partial charge in [0.2, 0.25) is 0 Å². The van der Waals surface area contributed by atoms with E-state index in [9.17, 15) is 0 Å². The number of para-hydroxylation sites is 1. The molecule has 0 unspecified atom stereocenters. The van der Waals surface area contributed by atoms with E-state index in [0.29, 0.717) is 6.54 Å². The zero-order valence-electron chi connectivity index (χ0n) is 12.3. The first-order valence-electron chi connectivity index (χ1n) is 7.34. The number of fused-ring (bicyclic) bond motifs is 1. The highest BCUT2D eigenvalue weighted by atomic mass is 16.5. The lowest BCUT2D eigenvalue weighted by atomic mass is 10.1. The number of rotatable bonds is 4. The van der Waals surface area contributed by atoms with Crippen molar-refractivity contribution < 1.29 is 4.52 Å². The number of hydrogen-bond donors (Lipinski definition) is 1. The van der Waals surface area contributed by atoms with Crippen LogP contribution >= 0.6 is 0 Å².